The molecule has 1 heterocycles. The molecule has 0 aromatic heterocycles. The monoisotopic (exact) mass is 352 g/mol. The minimum atomic E-state index is 0.0675. The molecule has 26 heavy (non-hydrogen) atoms. The van der Waals surface area contributed by atoms with Gasteiger partial charge in [0.1, 0.15) is 5.75 Å². The molecule has 0 bridgehead atoms. The third-order valence-corrected chi connectivity index (χ3v) is 5.00. The van der Waals surface area contributed by atoms with Crippen LogP contribution in [0.5, 0.6) is 5.75 Å². The van der Waals surface area contributed by atoms with E-state index in [1.54, 1.807) is 12.1 Å². The Kier molecular flexibility index (Phi) is 4.80. The number of ether oxygens (including phenoxy) is 1. The molecule has 1 aliphatic carbocycles. The summed E-state index contributed by atoms with van der Waals surface area (Å²) in [5.74, 6) is 0.303. The van der Waals surface area contributed by atoms with E-state index in [-0.39, 0.29) is 11.7 Å². The number of carbonyl (C=O) groups is 1. The fraction of sp³-hybridized carbons (Fsp3) is 0.381. The van der Waals surface area contributed by atoms with Crippen LogP contribution in [0.1, 0.15) is 28.8 Å². The Hall–Kier alpha value is -2.53. The number of anilines is 1. The Balaban J connectivity index is 1.60. The number of carbonyl (C=O) groups excluding carboxylic acids is 1. The van der Waals surface area contributed by atoms with Crippen molar-refractivity contribution >= 4 is 11.6 Å². The summed E-state index contributed by atoms with van der Waals surface area (Å²) in [4.78, 5) is 17.6. The lowest BCUT2D eigenvalue weighted by Gasteiger charge is -2.31. The van der Waals surface area contributed by atoms with Crippen LogP contribution >= 0.6 is 0 Å². The Labute approximate surface area is 153 Å². The van der Waals surface area contributed by atoms with E-state index in [9.17, 15) is 9.90 Å². The predicted molar refractivity (Wildman–Crippen MR) is 100 cm³/mol. The van der Waals surface area contributed by atoms with E-state index in [0.29, 0.717) is 25.8 Å². The molecule has 5 nitrogen and oxygen atoms in total. The summed E-state index contributed by atoms with van der Waals surface area (Å²) >= 11 is 0. The number of amides is 1. The van der Waals surface area contributed by atoms with Gasteiger partial charge in [0.25, 0.3) is 5.91 Å². The molecule has 0 spiro atoms. The van der Waals surface area contributed by atoms with Crippen molar-refractivity contribution in [3.8, 4) is 5.75 Å². The zero-order chi connectivity index (χ0) is 17.9. The van der Waals surface area contributed by atoms with Gasteiger partial charge in [0, 0.05) is 31.4 Å². The predicted octanol–water partition coefficient (Wildman–Crippen LogP) is 3.03. The SMILES string of the molecule is O=C(c1ccccc1N1CCOCC1)N(Cc1cccc(O)c1)C1CC1. The highest BCUT2D eigenvalue weighted by Crippen LogP contribution is 2.32. The van der Waals surface area contributed by atoms with Gasteiger partial charge < -0.3 is 19.6 Å². The maximum absolute atomic E-state index is 13.4. The number of morpholine rings is 1. The largest absolute Gasteiger partial charge is 0.508 e. The van der Waals surface area contributed by atoms with E-state index in [1.807, 2.05) is 41.3 Å². The lowest BCUT2D eigenvalue weighted by molar-refractivity contribution is 0.0729. The van der Waals surface area contributed by atoms with Crippen LogP contribution in [0.15, 0.2) is 48.5 Å². The summed E-state index contributed by atoms with van der Waals surface area (Å²) in [5.41, 5.74) is 2.69. The lowest BCUT2D eigenvalue weighted by Crippen LogP contribution is -2.39. The van der Waals surface area contributed by atoms with Crippen molar-refractivity contribution in [2.24, 2.45) is 0 Å². The van der Waals surface area contributed by atoms with E-state index in [4.69, 9.17) is 4.74 Å². The van der Waals surface area contributed by atoms with Crippen molar-refractivity contribution in [3.63, 3.8) is 0 Å². The highest BCUT2D eigenvalue weighted by molar-refractivity contribution is 6.00. The van der Waals surface area contributed by atoms with Gasteiger partial charge in [0.15, 0.2) is 0 Å². The number of nitrogens with zero attached hydrogens (tertiary/aromatic N) is 2. The van der Waals surface area contributed by atoms with E-state index in [1.165, 1.54) is 0 Å². The number of rotatable bonds is 5. The Morgan fingerprint density at radius 2 is 1.88 bits per heavy atom. The number of hydrogen-bond acceptors (Lipinski definition) is 4. The van der Waals surface area contributed by atoms with Gasteiger partial charge >= 0.3 is 0 Å². The van der Waals surface area contributed by atoms with Gasteiger partial charge in [-0.25, -0.2) is 0 Å². The topological polar surface area (TPSA) is 53.0 Å². The average molecular weight is 352 g/mol. The van der Waals surface area contributed by atoms with Crippen molar-refractivity contribution in [2.45, 2.75) is 25.4 Å². The number of phenolic OH excluding ortho intramolecular Hbond substituents is 1. The quantitative estimate of drug-likeness (QED) is 0.899. The zero-order valence-electron chi connectivity index (χ0n) is 14.8. The van der Waals surface area contributed by atoms with E-state index < -0.39 is 0 Å². The van der Waals surface area contributed by atoms with Crippen molar-refractivity contribution in [2.75, 3.05) is 31.2 Å². The molecule has 0 unspecified atom stereocenters. The van der Waals surface area contributed by atoms with E-state index in [2.05, 4.69) is 4.90 Å². The van der Waals surface area contributed by atoms with Crippen molar-refractivity contribution in [3.05, 3.63) is 59.7 Å². The molecule has 1 aliphatic heterocycles. The van der Waals surface area contributed by atoms with Gasteiger partial charge in [-0.05, 0) is 42.7 Å². The van der Waals surface area contributed by atoms with Crippen molar-refractivity contribution in [1.82, 2.24) is 4.90 Å². The summed E-state index contributed by atoms with van der Waals surface area (Å²) in [5, 5.41) is 9.73. The Morgan fingerprint density at radius 3 is 2.62 bits per heavy atom. The van der Waals surface area contributed by atoms with Crippen LogP contribution in [-0.2, 0) is 11.3 Å². The molecule has 1 saturated carbocycles. The van der Waals surface area contributed by atoms with E-state index in [0.717, 1.165) is 42.7 Å². The Bertz CT molecular complexity index is 782. The summed E-state index contributed by atoms with van der Waals surface area (Å²) in [6.45, 7) is 3.52. The molecule has 5 heteroatoms. The minimum Gasteiger partial charge on any atom is -0.508 e. The number of benzene rings is 2. The maximum atomic E-state index is 13.4. The van der Waals surface area contributed by atoms with Crippen LogP contribution in [0.4, 0.5) is 5.69 Å². The third-order valence-electron chi connectivity index (χ3n) is 5.00. The van der Waals surface area contributed by atoms with Gasteiger partial charge in [0.2, 0.25) is 0 Å². The van der Waals surface area contributed by atoms with Crippen LogP contribution in [0.3, 0.4) is 0 Å². The second-order valence-electron chi connectivity index (χ2n) is 6.95. The maximum Gasteiger partial charge on any atom is 0.256 e. The van der Waals surface area contributed by atoms with Crippen LogP contribution < -0.4 is 4.90 Å². The van der Waals surface area contributed by atoms with Gasteiger partial charge in [-0.1, -0.05) is 24.3 Å². The molecule has 4 rings (SSSR count). The van der Waals surface area contributed by atoms with Gasteiger partial charge in [-0.3, -0.25) is 4.79 Å². The van der Waals surface area contributed by atoms with Crippen LogP contribution in [0, 0.1) is 0 Å². The lowest BCUT2D eigenvalue weighted by atomic mass is 10.1. The van der Waals surface area contributed by atoms with Crippen molar-refractivity contribution < 1.29 is 14.6 Å². The molecule has 2 aromatic carbocycles. The molecule has 0 radical (unpaired) electrons. The molecule has 1 saturated heterocycles. The number of phenols is 1. The fourth-order valence-corrected chi connectivity index (χ4v) is 3.49. The van der Waals surface area contributed by atoms with Gasteiger partial charge in [-0.2, -0.15) is 0 Å². The fourth-order valence-electron chi connectivity index (χ4n) is 3.49. The standard InChI is InChI=1S/C21H24N2O3/c24-18-5-3-4-16(14-18)15-23(17-8-9-17)21(25)19-6-1-2-7-20(19)22-10-12-26-13-11-22/h1-7,14,17,24H,8-13,15H2. The van der Waals surface area contributed by atoms with Crippen LogP contribution in [-0.4, -0.2) is 48.3 Å². The minimum absolute atomic E-state index is 0.0675. The average Bonchev–Trinajstić information content (AvgIpc) is 3.51. The highest BCUT2D eigenvalue weighted by Gasteiger charge is 2.34. The summed E-state index contributed by atoms with van der Waals surface area (Å²) < 4.78 is 5.45. The molecule has 2 fully saturated rings. The molecule has 2 aromatic rings. The molecular weight excluding hydrogens is 328 g/mol. The second kappa shape index (κ2) is 7.38. The molecule has 2 aliphatic rings. The zero-order valence-corrected chi connectivity index (χ0v) is 14.8. The smallest absolute Gasteiger partial charge is 0.256 e. The van der Waals surface area contributed by atoms with Crippen molar-refractivity contribution in [1.29, 1.82) is 0 Å². The van der Waals surface area contributed by atoms with Gasteiger partial charge in [-0.15, -0.1) is 0 Å². The summed E-state index contributed by atoms with van der Waals surface area (Å²) in [6, 6.07) is 15.3. The molecule has 136 valence electrons. The molecule has 1 amide bonds. The van der Waals surface area contributed by atoms with E-state index >= 15 is 0 Å². The molecular formula is C21H24N2O3. The first-order valence-electron chi connectivity index (χ1n) is 9.23. The number of hydrogen-bond donors (Lipinski definition) is 1. The second-order valence-corrected chi connectivity index (χ2v) is 6.95. The third kappa shape index (κ3) is 3.68. The number of para-hydroxylation sites is 1. The summed E-state index contributed by atoms with van der Waals surface area (Å²) in [6.07, 6.45) is 2.09. The van der Waals surface area contributed by atoms with Gasteiger partial charge in [0.05, 0.1) is 18.8 Å². The normalized spacial score (nSPS) is 17.2. The summed E-state index contributed by atoms with van der Waals surface area (Å²) in [7, 11) is 0. The first kappa shape index (κ1) is 16.9. The first-order chi connectivity index (χ1) is 12.7. The highest BCUT2D eigenvalue weighted by atomic mass is 16.5. The Morgan fingerprint density at radius 1 is 1.12 bits per heavy atom. The van der Waals surface area contributed by atoms with Crippen LogP contribution in [0.2, 0.25) is 0 Å². The van der Waals surface area contributed by atoms with Crippen LogP contribution in [0.25, 0.3) is 0 Å². The first-order valence-corrected chi connectivity index (χ1v) is 9.23. The molecule has 1 N–H and O–H groups in total. The number of aromatic hydroxyl groups is 1. The molecule has 0 atom stereocenters.